The van der Waals surface area contributed by atoms with Crippen LogP contribution < -0.4 is 5.32 Å². The molecule has 1 aromatic rings. The largest absolute Gasteiger partial charge is 0.346 e. The van der Waals surface area contributed by atoms with Gasteiger partial charge in [-0.3, -0.25) is 15.0 Å². The number of aromatic nitrogens is 1. The molecule has 0 fully saturated rings. The molecule has 0 radical (unpaired) electrons. The highest BCUT2D eigenvalue weighted by Gasteiger charge is 2.00. The summed E-state index contributed by atoms with van der Waals surface area (Å²) in [5.74, 6) is 0.764. The molecule has 0 bridgehead atoms. The molecule has 0 saturated carbocycles. The Labute approximate surface area is 114 Å². The fraction of sp³-hybridized carbons (Fsp3) is 0.267. The maximum Gasteiger partial charge on any atom is 0.146 e. The van der Waals surface area contributed by atoms with Crippen LogP contribution in [0.15, 0.2) is 59.1 Å². The first-order valence-electron chi connectivity index (χ1n) is 6.25. The summed E-state index contributed by atoms with van der Waals surface area (Å²) in [6.45, 7) is 6.39. The number of allylic oxidation sites excluding steroid dienone is 2. The summed E-state index contributed by atoms with van der Waals surface area (Å²) in [6.07, 6.45) is 11.0. The Balaban J connectivity index is 2.84. The summed E-state index contributed by atoms with van der Waals surface area (Å²) in [4.78, 5) is 12.9. The molecular weight excluding hydrogens is 236 g/mol. The second kappa shape index (κ2) is 8.80. The van der Waals surface area contributed by atoms with Crippen LogP contribution in [0, 0.1) is 0 Å². The molecular formula is C15H20N4. The minimum Gasteiger partial charge on any atom is -0.346 e. The lowest BCUT2D eigenvalue weighted by atomic mass is 10.3. The average molecular weight is 256 g/mol. The molecule has 1 heterocycles. The van der Waals surface area contributed by atoms with Crippen LogP contribution in [0.1, 0.15) is 26.3 Å². The summed E-state index contributed by atoms with van der Waals surface area (Å²) < 4.78 is 0. The first-order chi connectivity index (χ1) is 9.27. The van der Waals surface area contributed by atoms with Gasteiger partial charge in [0.1, 0.15) is 5.84 Å². The molecule has 1 rings (SSSR count). The van der Waals surface area contributed by atoms with Crippen molar-refractivity contribution in [2.24, 2.45) is 9.98 Å². The number of nitrogens with zero attached hydrogens (tertiary/aromatic N) is 3. The third-order valence-corrected chi connectivity index (χ3v) is 2.29. The molecule has 100 valence electrons. The third-order valence-electron chi connectivity index (χ3n) is 2.29. The number of rotatable bonds is 5. The molecule has 0 aliphatic rings. The van der Waals surface area contributed by atoms with Crippen LogP contribution in [-0.4, -0.2) is 16.5 Å². The number of amidine groups is 1. The van der Waals surface area contributed by atoms with Gasteiger partial charge in [-0.25, -0.2) is 0 Å². The Morgan fingerprint density at radius 2 is 2.21 bits per heavy atom. The van der Waals surface area contributed by atoms with E-state index in [2.05, 4.69) is 20.3 Å². The van der Waals surface area contributed by atoms with Crippen molar-refractivity contribution in [1.82, 2.24) is 10.3 Å². The van der Waals surface area contributed by atoms with Crippen LogP contribution in [0.5, 0.6) is 0 Å². The van der Waals surface area contributed by atoms with Crippen LogP contribution in [0.2, 0.25) is 0 Å². The van der Waals surface area contributed by atoms with E-state index in [1.807, 2.05) is 57.5 Å². The molecule has 19 heavy (non-hydrogen) atoms. The van der Waals surface area contributed by atoms with Crippen LogP contribution in [0.25, 0.3) is 0 Å². The van der Waals surface area contributed by atoms with Crippen molar-refractivity contribution in [1.29, 1.82) is 0 Å². The highest BCUT2D eigenvalue weighted by molar-refractivity contribution is 6.40. The first kappa shape index (κ1) is 14.8. The predicted molar refractivity (Wildman–Crippen MR) is 81.2 cm³/mol. The Morgan fingerprint density at radius 1 is 1.37 bits per heavy atom. The molecule has 0 unspecified atom stereocenters. The maximum absolute atomic E-state index is 4.53. The first-order valence-corrected chi connectivity index (χ1v) is 6.25. The predicted octanol–water partition coefficient (Wildman–Crippen LogP) is 3.10. The van der Waals surface area contributed by atoms with Gasteiger partial charge in [0.25, 0.3) is 0 Å². The molecule has 0 aromatic carbocycles. The number of pyridine rings is 1. The summed E-state index contributed by atoms with van der Waals surface area (Å²) in [5, 5.41) is 3.13. The Kier molecular flexibility index (Phi) is 6.87. The highest BCUT2D eigenvalue weighted by Crippen LogP contribution is 1.98. The van der Waals surface area contributed by atoms with Crippen molar-refractivity contribution in [2.75, 3.05) is 0 Å². The average Bonchev–Trinajstić information content (AvgIpc) is 2.46. The van der Waals surface area contributed by atoms with E-state index in [1.165, 1.54) is 0 Å². The van der Waals surface area contributed by atoms with Crippen molar-refractivity contribution in [3.05, 3.63) is 54.6 Å². The Hall–Kier alpha value is -2.23. The zero-order valence-corrected chi connectivity index (χ0v) is 11.7. The van der Waals surface area contributed by atoms with Crippen molar-refractivity contribution < 1.29 is 0 Å². The van der Waals surface area contributed by atoms with Gasteiger partial charge >= 0.3 is 0 Å². The highest BCUT2D eigenvalue weighted by atomic mass is 15.0. The van der Waals surface area contributed by atoms with Crippen LogP contribution in [-0.2, 0) is 6.54 Å². The van der Waals surface area contributed by atoms with E-state index in [9.17, 15) is 0 Å². The maximum atomic E-state index is 4.53. The van der Waals surface area contributed by atoms with Crippen molar-refractivity contribution in [3.63, 3.8) is 0 Å². The van der Waals surface area contributed by atoms with E-state index in [4.69, 9.17) is 0 Å². The standard InChI is InChI=1S/C15H20N4/c1-4-8-17-13(3)15(18-9-5-2)19-12-14-7-6-10-16-11-14/h4-11H,12H2,1-3H3,(H,18,19)/b8-4-,9-5-,17-13?. The Morgan fingerprint density at radius 3 is 2.84 bits per heavy atom. The van der Waals surface area contributed by atoms with Gasteiger partial charge in [-0.05, 0) is 38.6 Å². The topological polar surface area (TPSA) is 49.6 Å². The second-order valence-corrected chi connectivity index (χ2v) is 3.87. The normalized spacial score (nSPS) is 13.4. The fourth-order valence-corrected chi connectivity index (χ4v) is 1.34. The van der Waals surface area contributed by atoms with Gasteiger partial charge < -0.3 is 5.32 Å². The van der Waals surface area contributed by atoms with Crippen LogP contribution in [0.3, 0.4) is 0 Å². The number of aliphatic imine (C=N–C) groups is 2. The monoisotopic (exact) mass is 256 g/mol. The second-order valence-electron chi connectivity index (χ2n) is 3.87. The zero-order chi connectivity index (χ0) is 13.9. The van der Waals surface area contributed by atoms with Crippen LogP contribution >= 0.6 is 0 Å². The van der Waals surface area contributed by atoms with Crippen molar-refractivity contribution in [2.45, 2.75) is 27.3 Å². The number of nitrogens with one attached hydrogen (secondary N) is 1. The molecule has 4 nitrogen and oxygen atoms in total. The van der Waals surface area contributed by atoms with Gasteiger partial charge in [0.2, 0.25) is 0 Å². The number of hydrogen-bond acceptors (Lipinski definition) is 3. The molecule has 0 aliphatic carbocycles. The lowest BCUT2D eigenvalue weighted by Crippen LogP contribution is -2.25. The lowest BCUT2D eigenvalue weighted by molar-refractivity contribution is 1.03. The minimum atomic E-state index is 0.580. The van der Waals surface area contributed by atoms with Crippen molar-refractivity contribution in [3.8, 4) is 0 Å². The minimum absolute atomic E-state index is 0.580. The number of hydrogen-bond donors (Lipinski definition) is 1. The van der Waals surface area contributed by atoms with E-state index in [-0.39, 0.29) is 0 Å². The molecule has 0 amide bonds. The lowest BCUT2D eigenvalue weighted by Gasteiger charge is -2.05. The van der Waals surface area contributed by atoms with Gasteiger partial charge in [0.05, 0.1) is 12.3 Å². The summed E-state index contributed by atoms with van der Waals surface area (Å²) in [6, 6.07) is 3.91. The van der Waals surface area contributed by atoms with E-state index in [0.717, 1.165) is 17.1 Å². The Bertz CT molecular complexity index is 484. The fourth-order valence-electron chi connectivity index (χ4n) is 1.34. The molecule has 0 saturated heterocycles. The summed E-state index contributed by atoms with van der Waals surface area (Å²) in [7, 11) is 0. The molecule has 4 heteroatoms. The smallest absolute Gasteiger partial charge is 0.146 e. The van der Waals surface area contributed by atoms with E-state index in [0.29, 0.717) is 6.54 Å². The van der Waals surface area contributed by atoms with Gasteiger partial charge in [-0.1, -0.05) is 18.2 Å². The van der Waals surface area contributed by atoms with Gasteiger partial charge in [0.15, 0.2) is 0 Å². The molecule has 0 atom stereocenters. The molecule has 1 aromatic heterocycles. The van der Waals surface area contributed by atoms with Crippen molar-refractivity contribution >= 4 is 11.5 Å². The van der Waals surface area contributed by atoms with Gasteiger partial charge in [0, 0.05) is 18.6 Å². The summed E-state index contributed by atoms with van der Waals surface area (Å²) >= 11 is 0. The molecule has 0 aliphatic heterocycles. The van der Waals surface area contributed by atoms with Gasteiger partial charge in [-0.15, -0.1) is 0 Å². The van der Waals surface area contributed by atoms with E-state index in [1.54, 1.807) is 12.4 Å². The van der Waals surface area contributed by atoms with E-state index < -0.39 is 0 Å². The SMILES string of the molecule is C/C=C\N=C(C)C(=NCc1cccnc1)N/C=C\C. The summed E-state index contributed by atoms with van der Waals surface area (Å²) in [5.41, 5.74) is 1.92. The van der Waals surface area contributed by atoms with Crippen LogP contribution in [0.4, 0.5) is 0 Å². The zero-order valence-electron chi connectivity index (χ0n) is 11.7. The molecule has 1 N–H and O–H groups in total. The molecule has 0 spiro atoms. The third kappa shape index (κ3) is 5.77. The van der Waals surface area contributed by atoms with Gasteiger partial charge in [-0.2, -0.15) is 0 Å². The van der Waals surface area contributed by atoms with E-state index >= 15 is 0 Å². The quantitative estimate of drug-likeness (QED) is 0.650.